The lowest BCUT2D eigenvalue weighted by molar-refractivity contribution is 0.0398. The number of rotatable bonds is 21. The van der Waals surface area contributed by atoms with Crippen molar-refractivity contribution in [3.63, 3.8) is 0 Å². The lowest BCUT2D eigenvalue weighted by Crippen LogP contribution is -2.39. The lowest BCUT2D eigenvalue weighted by atomic mass is 9.95. The van der Waals surface area contributed by atoms with Crippen molar-refractivity contribution in [2.45, 2.75) is 142 Å². The fraction of sp³-hybridized carbons (Fsp3) is 0.341. The number of pyridine rings is 5. The van der Waals surface area contributed by atoms with E-state index < -0.39 is 0 Å². The molecule has 0 amide bonds. The molecule has 110 heavy (non-hydrogen) atoms. The van der Waals surface area contributed by atoms with E-state index in [1.54, 1.807) is 19.6 Å². The molecule has 3 aliphatic carbocycles. The number of hydrogen-bond acceptors (Lipinski definition) is 17. The molecule has 15 aromatic rings. The Morgan fingerprint density at radius 2 is 1.02 bits per heavy atom. The summed E-state index contributed by atoms with van der Waals surface area (Å²) < 4.78 is 37.7. The van der Waals surface area contributed by atoms with E-state index in [1.807, 2.05) is 110 Å². The van der Waals surface area contributed by atoms with Crippen LogP contribution in [0.25, 0.3) is 73.8 Å². The number of imidazole rings is 5. The maximum Gasteiger partial charge on any atom is 0.156 e. The monoisotopic (exact) mass is 1480 g/mol. The first-order valence-electron chi connectivity index (χ1n) is 39.3. The van der Waals surface area contributed by atoms with Gasteiger partial charge in [-0.1, -0.05) is 112 Å². The second-order valence-corrected chi connectivity index (χ2v) is 28.9. The molecule has 4 fully saturated rings. The molecule has 0 spiro atoms. The molecule has 4 aliphatic rings. The number of ether oxygens (including phenoxy) is 2. The van der Waals surface area contributed by atoms with Crippen LogP contribution in [-0.2, 0) is 11.3 Å². The zero-order valence-electron chi connectivity index (χ0n) is 63.8. The van der Waals surface area contributed by atoms with Crippen LogP contribution in [0.3, 0.4) is 0 Å². The molecule has 3 saturated carbocycles. The zero-order valence-corrected chi connectivity index (χ0v) is 63.8. The number of nitrogens with zero attached hydrogens (tertiary/aromatic N) is 12. The van der Waals surface area contributed by atoms with Gasteiger partial charge in [0.25, 0.3) is 0 Å². The van der Waals surface area contributed by atoms with Crippen LogP contribution in [-0.4, -0.2) is 122 Å². The molecule has 0 unspecified atom stereocenters. The van der Waals surface area contributed by atoms with Crippen molar-refractivity contribution in [3.05, 3.63) is 235 Å². The molecule has 22 heteroatoms. The highest BCUT2D eigenvalue weighted by molar-refractivity contribution is 5.79. The van der Waals surface area contributed by atoms with Gasteiger partial charge in [-0.3, -0.25) is 26.9 Å². The Balaban J connectivity index is 0.000000109. The molecule has 0 bridgehead atoms. The quantitative estimate of drug-likeness (QED) is 0.0422. The van der Waals surface area contributed by atoms with Crippen molar-refractivity contribution in [3.8, 4) is 51.3 Å². The largest absolute Gasteiger partial charge is 0.497 e. The van der Waals surface area contributed by atoms with Crippen molar-refractivity contribution in [1.29, 1.82) is 0 Å². The summed E-state index contributed by atoms with van der Waals surface area (Å²) in [6.45, 7) is 15.5. The number of aromatic nitrogens is 11. The Kier molecular flexibility index (Phi) is 23.9. The summed E-state index contributed by atoms with van der Waals surface area (Å²) in [6.07, 6.45) is 29.3. The van der Waals surface area contributed by atoms with Gasteiger partial charge in [0.2, 0.25) is 0 Å². The van der Waals surface area contributed by atoms with E-state index in [1.165, 1.54) is 93.9 Å². The molecule has 14 heterocycles. The second kappa shape index (κ2) is 35.6. The van der Waals surface area contributed by atoms with Crippen LogP contribution >= 0.6 is 0 Å². The fourth-order valence-corrected chi connectivity index (χ4v) is 14.9. The highest BCUT2D eigenvalue weighted by atomic mass is 16.5. The Morgan fingerprint density at radius 1 is 0.482 bits per heavy atom. The molecular weight excluding hydrogens is 1380 g/mol. The van der Waals surface area contributed by atoms with Crippen molar-refractivity contribution in [1.82, 2.24) is 57.0 Å². The molecule has 2 aromatic carbocycles. The summed E-state index contributed by atoms with van der Waals surface area (Å²) in [5, 5.41) is 22.2. The number of unbranched alkanes of at least 4 members (excludes halogenated alkanes) is 1. The van der Waals surface area contributed by atoms with Gasteiger partial charge in [0.05, 0.1) is 38.5 Å². The van der Waals surface area contributed by atoms with Gasteiger partial charge in [0, 0.05) is 99.4 Å². The van der Waals surface area contributed by atoms with Gasteiger partial charge >= 0.3 is 0 Å². The number of hydrogen-bond donors (Lipinski definition) is 5. The van der Waals surface area contributed by atoms with Crippen LogP contribution in [0.5, 0.6) is 5.75 Å². The van der Waals surface area contributed by atoms with E-state index in [2.05, 4.69) is 171 Å². The normalized spacial score (nSPS) is 14.8. The minimum absolute atomic E-state index is 0.535. The number of aryl methyl sites for hydroxylation is 3. The Labute approximate surface area is 642 Å². The molecule has 22 nitrogen and oxygen atoms in total. The van der Waals surface area contributed by atoms with Gasteiger partial charge in [-0.25, -0.2) is 24.9 Å². The standard InChI is InChI=1S/C20H23N3O.C17H20N4O2.C17H22N4O.C17H19N3O.C17H17N3/c1-24-17-12-10-15(11-13-17)19-20(21-16-7-3-2-4-8-16)23-14-6-5-9-18(23)22-19;1-2-7-21-15(5-1)19-16(14-4-3-11-23-14)17(21)18-6-8-20-9-12-22-13-10-20;1-5-6-7-18-17-16(14-10-13(4)22-20-14)19-15-9-11(2)8-12(3)21(15)17;1-2-7-13(8-3-1)18-17-16(14-9-6-12-21-14)19-15-10-4-5-11-20(15)17;1-2-6-13(7-3-1)12-18-17-16(14-9-10-14)19-15-8-4-5-11-20(15)17/h5-6,9-14,16,21H,2-4,7-8H2,1H3;1-5,7,11,18H,6,8-10,12-13H2;8-10,18H,5-7H2,1-4H3;4-6,9-13,18H,1-3,7-8H2;1-8,11,14,18H,9-10,12H2. The third kappa shape index (κ3) is 17.7. The number of anilines is 5. The molecule has 1 aliphatic heterocycles. The van der Waals surface area contributed by atoms with Crippen LogP contribution in [0.1, 0.15) is 131 Å². The predicted octanol–water partition coefficient (Wildman–Crippen LogP) is 19.4. The summed E-state index contributed by atoms with van der Waals surface area (Å²) in [7, 11) is 1.69. The van der Waals surface area contributed by atoms with E-state index in [-0.39, 0.29) is 0 Å². The minimum Gasteiger partial charge on any atom is -0.497 e. The van der Waals surface area contributed by atoms with E-state index in [0.717, 1.165) is 185 Å². The molecule has 19 rings (SSSR count). The van der Waals surface area contributed by atoms with E-state index >= 15 is 0 Å². The first-order valence-corrected chi connectivity index (χ1v) is 39.3. The topological polar surface area (TPSA) is 221 Å². The maximum absolute atomic E-state index is 5.56. The number of morpholine rings is 1. The number of methoxy groups -OCH3 is 1. The Morgan fingerprint density at radius 3 is 1.57 bits per heavy atom. The average Bonchev–Trinajstić information content (AvgIpc) is 1.63. The van der Waals surface area contributed by atoms with Crippen LogP contribution in [0.4, 0.5) is 29.1 Å². The van der Waals surface area contributed by atoms with Crippen LogP contribution in [0, 0.1) is 20.8 Å². The first kappa shape index (κ1) is 73.9. The summed E-state index contributed by atoms with van der Waals surface area (Å²) in [4.78, 5) is 26.3. The molecule has 5 N–H and O–H groups in total. The van der Waals surface area contributed by atoms with Crippen molar-refractivity contribution in [2.75, 3.05) is 79.6 Å². The van der Waals surface area contributed by atoms with E-state index in [0.29, 0.717) is 18.0 Å². The smallest absolute Gasteiger partial charge is 0.156 e. The number of fused-ring (bicyclic) bond motifs is 5. The van der Waals surface area contributed by atoms with Gasteiger partial charge < -0.3 is 49.4 Å². The number of furan rings is 2. The van der Waals surface area contributed by atoms with Gasteiger partial charge in [0.15, 0.2) is 11.5 Å². The van der Waals surface area contributed by atoms with E-state index in [4.69, 9.17) is 47.8 Å². The van der Waals surface area contributed by atoms with Crippen molar-refractivity contribution in [2.24, 2.45) is 0 Å². The molecule has 0 radical (unpaired) electrons. The molecular formula is C88H101N17O5. The SMILES string of the molecule is CCCCNc1c(-c2cc(C)on2)nc2cc(C)cc(C)n12.COc1ccc(-c2nc3ccccn3c2NC2CCCCC2)cc1.c1ccc(CNc2c(C3CC3)nc3ccccn23)cc1.c1coc(-c2nc3ccccn3c2NC2CCCCC2)c1.c1coc(-c2nc3ccccn3c2NCCN2CCOCC2)c1. The van der Waals surface area contributed by atoms with Gasteiger partial charge in [-0.05, 0) is 186 Å². The first-order chi connectivity index (χ1) is 54.2. The highest BCUT2D eigenvalue weighted by Gasteiger charge is 2.31. The van der Waals surface area contributed by atoms with E-state index in [9.17, 15) is 0 Å². The molecule has 1 saturated heterocycles. The van der Waals surface area contributed by atoms with Crippen LogP contribution < -0.4 is 31.3 Å². The third-order valence-electron chi connectivity index (χ3n) is 20.7. The van der Waals surface area contributed by atoms with Crippen molar-refractivity contribution >= 4 is 57.3 Å². The fourth-order valence-electron chi connectivity index (χ4n) is 14.9. The average molecular weight is 1480 g/mol. The summed E-state index contributed by atoms with van der Waals surface area (Å²) in [5.74, 6) is 9.18. The Hall–Kier alpha value is -11.6. The highest BCUT2D eigenvalue weighted by Crippen LogP contribution is 2.44. The zero-order chi connectivity index (χ0) is 75.0. The molecule has 13 aromatic heterocycles. The summed E-state index contributed by atoms with van der Waals surface area (Å²) in [6, 6.07) is 58.0. The number of benzene rings is 2. The van der Waals surface area contributed by atoms with Crippen molar-refractivity contribution < 1.29 is 22.8 Å². The van der Waals surface area contributed by atoms with Gasteiger partial charge in [0.1, 0.15) is 97.3 Å². The number of nitrogens with one attached hydrogen (secondary N) is 5. The second-order valence-electron chi connectivity index (χ2n) is 28.9. The lowest BCUT2D eigenvalue weighted by Gasteiger charge is -2.26. The predicted molar refractivity (Wildman–Crippen MR) is 439 cm³/mol. The van der Waals surface area contributed by atoms with Crippen LogP contribution in [0.15, 0.2) is 221 Å². The summed E-state index contributed by atoms with van der Waals surface area (Å²) in [5.41, 5.74) is 15.2. The molecule has 0 atom stereocenters. The van der Waals surface area contributed by atoms with Gasteiger partial charge in [-0.2, -0.15) is 0 Å². The third-order valence-corrected chi connectivity index (χ3v) is 20.7. The van der Waals surface area contributed by atoms with Crippen LogP contribution in [0.2, 0.25) is 0 Å². The Bertz CT molecular complexity index is 5380. The van der Waals surface area contributed by atoms with Gasteiger partial charge in [-0.15, -0.1) is 0 Å². The minimum atomic E-state index is 0.535. The molecule has 568 valence electrons. The summed E-state index contributed by atoms with van der Waals surface area (Å²) >= 11 is 0. The maximum atomic E-state index is 5.56.